The van der Waals surface area contributed by atoms with Crippen molar-refractivity contribution in [1.29, 1.82) is 0 Å². The van der Waals surface area contributed by atoms with Gasteiger partial charge < -0.3 is 5.73 Å². The Morgan fingerprint density at radius 1 is 1.44 bits per heavy atom. The summed E-state index contributed by atoms with van der Waals surface area (Å²) in [5.74, 6) is 1.31. The monoisotopic (exact) mass is 254 g/mol. The second-order valence-corrected chi connectivity index (χ2v) is 7.11. The molecule has 0 radical (unpaired) electrons. The summed E-state index contributed by atoms with van der Waals surface area (Å²) in [5, 5.41) is 4.28. The highest BCUT2D eigenvalue weighted by molar-refractivity contribution is 7.99. The number of hydrogen-bond acceptors (Lipinski definition) is 4. The zero-order valence-corrected chi connectivity index (χ0v) is 11.1. The van der Waals surface area contributed by atoms with Gasteiger partial charge in [0.05, 0.1) is 10.9 Å². The molecule has 0 aromatic carbocycles. The first kappa shape index (κ1) is 11.1. The third-order valence-electron chi connectivity index (χ3n) is 3.97. The van der Waals surface area contributed by atoms with E-state index in [9.17, 15) is 0 Å². The Labute approximate surface area is 105 Å². The molecule has 1 aromatic heterocycles. The lowest BCUT2D eigenvalue weighted by Gasteiger charge is -2.39. The summed E-state index contributed by atoms with van der Waals surface area (Å²) in [6, 6.07) is 0. The Morgan fingerprint density at radius 2 is 2.31 bits per heavy atom. The normalized spacial score (nSPS) is 27.9. The molecule has 1 unspecified atom stereocenters. The number of nitrogens with two attached hydrogens (primary N) is 1. The number of aromatic nitrogens is 1. The van der Waals surface area contributed by atoms with Crippen molar-refractivity contribution in [2.45, 2.75) is 42.8 Å². The summed E-state index contributed by atoms with van der Waals surface area (Å²) in [5.41, 5.74) is 7.46. The van der Waals surface area contributed by atoms with Crippen LogP contribution < -0.4 is 5.73 Å². The summed E-state index contributed by atoms with van der Waals surface area (Å²) in [7, 11) is 0. The van der Waals surface area contributed by atoms with Crippen molar-refractivity contribution in [2.75, 3.05) is 12.3 Å². The van der Waals surface area contributed by atoms with Crippen LogP contribution in [-0.4, -0.2) is 17.3 Å². The van der Waals surface area contributed by atoms with E-state index in [-0.39, 0.29) is 5.41 Å². The van der Waals surface area contributed by atoms with E-state index in [0.29, 0.717) is 5.25 Å². The molecular formula is C12H18N2S2. The SMILES string of the molecule is NCC1(c2csc(C3CCCS3)n2)CCC1. The Bertz CT molecular complexity index is 359. The van der Waals surface area contributed by atoms with E-state index in [1.807, 2.05) is 11.3 Å². The quantitative estimate of drug-likeness (QED) is 0.901. The maximum atomic E-state index is 5.92. The fourth-order valence-electron chi connectivity index (χ4n) is 2.62. The number of rotatable bonds is 3. The zero-order chi connectivity index (χ0) is 11.0. The van der Waals surface area contributed by atoms with E-state index in [4.69, 9.17) is 10.7 Å². The highest BCUT2D eigenvalue weighted by Gasteiger charge is 2.39. The topological polar surface area (TPSA) is 38.9 Å². The second-order valence-electron chi connectivity index (χ2n) is 4.91. The molecule has 1 aliphatic carbocycles. The predicted molar refractivity (Wildman–Crippen MR) is 71.1 cm³/mol. The Balaban J connectivity index is 1.81. The Hall–Kier alpha value is -0.0600. The minimum Gasteiger partial charge on any atom is -0.330 e. The highest BCUT2D eigenvalue weighted by Crippen LogP contribution is 2.46. The van der Waals surface area contributed by atoms with Crippen LogP contribution in [0.3, 0.4) is 0 Å². The van der Waals surface area contributed by atoms with E-state index in [0.717, 1.165) is 6.54 Å². The van der Waals surface area contributed by atoms with Crippen LogP contribution in [0.1, 0.15) is 48.1 Å². The Morgan fingerprint density at radius 3 is 2.88 bits per heavy atom. The summed E-state index contributed by atoms with van der Waals surface area (Å²) < 4.78 is 0. The van der Waals surface area contributed by atoms with Crippen LogP contribution >= 0.6 is 23.1 Å². The molecule has 3 rings (SSSR count). The van der Waals surface area contributed by atoms with Gasteiger partial charge in [-0.3, -0.25) is 0 Å². The van der Waals surface area contributed by atoms with E-state index in [1.54, 1.807) is 0 Å². The lowest BCUT2D eigenvalue weighted by atomic mass is 9.67. The second kappa shape index (κ2) is 4.31. The highest BCUT2D eigenvalue weighted by atomic mass is 32.2. The van der Waals surface area contributed by atoms with Crippen LogP contribution in [0.2, 0.25) is 0 Å². The standard InChI is InChI=1S/C12H18N2S2/c13-8-12(4-2-5-12)10-7-16-11(14-10)9-3-1-6-15-9/h7,9H,1-6,8,13H2. The molecule has 1 atom stereocenters. The van der Waals surface area contributed by atoms with Gasteiger partial charge in [0.1, 0.15) is 5.01 Å². The van der Waals surface area contributed by atoms with E-state index in [1.165, 1.54) is 48.6 Å². The number of thiazole rings is 1. The van der Waals surface area contributed by atoms with Crippen LogP contribution in [0.4, 0.5) is 0 Å². The molecule has 1 aromatic rings. The first-order valence-corrected chi connectivity index (χ1v) is 8.04. The van der Waals surface area contributed by atoms with Gasteiger partial charge in [-0.1, -0.05) is 6.42 Å². The molecule has 2 fully saturated rings. The minimum absolute atomic E-state index is 0.248. The average molecular weight is 254 g/mol. The largest absolute Gasteiger partial charge is 0.330 e. The van der Waals surface area contributed by atoms with Gasteiger partial charge >= 0.3 is 0 Å². The van der Waals surface area contributed by atoms with Gasteiger partial charge in [0.2, 0.25) is 0 Å². The molecule has 1 saturated carbocycles. The van der Waals surface area contributed by atoms with Gasteiger partial charge in [0.25, 0.3) is 0 Å². The van der Waals surface area contributed by atoms with Gasteiger partial charge in [-0.2, -0.15) is 11.8 Å². The van der Waals surface area contributed by atoms with Crippen molar-refractivity contribution < 1.29 is 0 Å². The smallest absolute Gasteiger partial charge is 0.106 e. The first-order valence-electron chi connectivity index (χ1n) is 6.12. The molecule has 88 valence electrons. The Kier molecular flexibility index (Phi) is 2.98. The summed E-state index contributed by atoms with van der Waals surface area (Å²) >= 11 is 3.92. The van der Waals surface area contributed by atoms with Crippen LogP contribution in [0.5, 0.6) is 0 Å². The number of nitrogens with zero attached hydrogens (tertiary/aromatic N) is 1. The first-order chi connectivity index (χ1) is 7.84. The molecule has 4 heteroatoms. The molecule has 2 N–H and O–H groups in total. The van der Waals surface area contributed by atoms with Crippen LogP contribution in [0.15, 0.2) is 5.38 Å². The number of thioether (sulfide) groups is 1. The fraction of sp³-hybridized carbons (Fsp3) is 0.750. The van der Waals surface area contributed by atoms with Crippen LogP contribution in [0.25, 0.3) is 0 Å². The van der Waals surface area contributed by atoms with Gasteiger partial charge in [0, 0.05) is 17.3 Å². The average Bonchev–Trinajstić information content (AvgIpc) is 2.86. The lowest BCUT2D eigenvalue weighted by molar-refractivity contribution is 0.246. The third-order valence-corrected chi connectivity index (χ3v) is 6.47. The van der Waals surface area contributed by atoms with Crippen molar-refractivity contribution >= 4 is 23.1 Å². The summed E-state index contributed by atoms with van der Waals surface area (Å²) in [4.78, 5) is 4.87. The van der Waals surface area contributed by atoms with Crippen LogP contribution in [0, 0.1) is 0 Å². The maximum absolute atomic E-state index is 5.92. The maximum Gasteiger partial charge on any atom is 0.106 e. The number of hydrogen-bond donors (Lipinski definition) is 1. The van der Waals surface area contributed by atoms with Gasteiger partial charge in [-0.05, 0) is 31.4 Å². The predicted octanol–water partition coefficient (Wildman–Crippen LogP) is 3.09. The molecular weight excluding hydrogens is 236 g/mol. The fourth-order valence-corrected chi connectivity index (χ4v) is 5.09. The van der Waals surface area contributed by atoms with E-state index >= 15 is 0 Å². The van der Waals surface area contributed by atoms with Crippen molar-refractivity contribution in [1.82, 2.24) is 4.98 Å². The third kappa shape index (κ3) is 1.71. The van der Waals surface area contributed by atoms with Crippen molar-refractivity contribution in [3.63, 3.8) is 0 Å². The molecule has 0 bridgehead atoms. The lowest BCUT2D eigenvalue weighted by Crippen LogP contribution is -2.41. The molecule has 0 spiro atoms. The van der Waals surface area contributed by atoms with Gasteiger partial charge in [-0.25, -0.2) is 4.98 Å². The van der Waals surface area contributed by atoms with E-state index < -0.39 is 0 Å². The van der Waals surface area contributed by atoms with Gasteiger partial charge in [0.15, 0.2) is 0 Å². The van der Waals surface area contributed by atoms with Crippen molar-refractivity contribution in [3.05, 3.63) is 16.1 Å². The van der Waals surface area contributed by atoms with Gasteiger partial charge in [-0.15, -0.1) is 11.3 Å². The van der Waals surface area contributed by atoms with Crippen molar-refractivity contribution in [2.24, 2.45) is 5.73 Å². The molecule has 1 saturated heterocycles. The molecule has 2 nitrogen and oxygen atoms in total. The molecule has 0 amide bonds. The molecule has 1 aliphatic heterocycles. The summed E-state index contributed by atoms with van der Waals surface area (Å²) in [6.45, 7) is 0.772. The summed E-state index contributed by atoms with van der Waals surface area (Å²) in [6.07, 6.45) is 6.47. The zero-order valence-electron chi connectivity index (χ0n) is 9.45. The van der Waals surface area contributed by atoms with Crippen LogP contribution in [-0.2, 0) is 5.41 Å². The molecule has 2 heterocycles. The van der Waals surface area contributed by atoms with Crippen molar-refractivity contribution in [3.8, 4) is 0 Å². The molecule has 2 aliphatic rings. The minimum atomic E-state index is 0.248. The molecule has 16 heavy (non-hydrogen) atoms. The van der Waals surface area contributed by atoms with E-state index in [2.05, 4.69) is 17.1 Å².